The monoisotopic (exact) mass is 735 g/mol. The van der Waals surface area contributed by atoms with Crippen molar-refractivity contribution in [2.75, 3.05) is 45.9 Å². The van der Waals surface area contributed by atoms with Crippen molar-refractivity contribution in [2.24, 2.45) is 0 Å². The molecule has 0 saturated carbocycles. The van der Waals surface area contributed by atoms with Gasteiger partial charge in [0.15, 0.2) is 5.66 Å². The summed E-state index contributed by atoms with van der Waals surface area (Å²) >= 11 is 19.7. The van der Waals surface area contributed by atoms with Gasteiger partial charge in [-0.2, -0.15) is 0 Å². The van der Waals surface area contributed by atoms with Crippen LogP contribution in [0, 0.1) is 0 Å². The second-order valence-corrected chi connectivity index (χ2v) is 14.5. The summed E-state index contributed by atoms with van der Waals surface area (Å²) in [6, 6.07) is 18.6. The van der Waals surface area contributed by atoms with Crippen molar-refractivity contribution >= 4 is 59.0 Å². The summed E-state index contributed by atoms with van der Waals surface area (Å²) in [6.45, 7) is 13.9. The van der Waals surface area contributed by atoms with Gasteiger partial charge in [-0.3, -0.25) is 25.1 Å². The van der Waals surface area contributed by atoms with Gasteiger partial charge < -0.3 is 15.0 Å². The van der Waals surface area contributed by atoms with E-state index in [2.05, 4.69) is 41.6 Å². The molecule has 3 N–H and O–H groups in total. The number of rotatable bonds is 9. The van der Waals surface area contributed by atoms with Gasteiger partial charge in [0.2, 0.25) is 5.91 Å². The van der Waals surface area contributed by atoms with Crippen molar-refractivity contribution in [3.05, 3.63) is 98.0 Å². The second kappa shape index (κ2) is 16.0. The lowest BCUT2D eigenvalue weighted by molar-refractivity contribution is -0.141. The van der Waals surface area contributed by atoms with Crippen LogP contribution < -0.4 is 20.7 Å². The summed E-state index contributed by atoms with van der Waals surface area (Å²) in [4.78, 5) is 30.7. The van der Waals surface area contributed by atoms with Crippen LogP contribution in [0.2, 0.25) is 15.1 Å². The van der Waals surface area contributed by atoms with E-state index in [-0.39, 0.29) is 41.7 Å². The Hall–Kier alpha value is -2.56. The van der Waals surface area contributed by atoms with Crippen LogP contribution in [0.3, 0.4) is 0 Å². The molecule has 2 fully saturated rings. The molecule has 0 aliphatic carbocycles. The quantitative estimate of drug-likeness (QED) is 0.222. The number of hydrogen-bond acceptors (Lipinski definition) is 6. The van der Waals surface area contributed by atoms with E-state index in [0.717, 1.165) is 23.2 Å². The number of benzene rings is 3. The molecule has 0 bridgehead atoms. The zero-order valence-corrected chi connectivity index (χ0v) is 31.1. The molecule has 5 rings (SSSR count). The van der Waals surface area contributed by atoms with Gasteiger partial charge in [0.25, 0.3) is 5.91 Å². The van der Waals surface area contributed by atoms with E-state index in [4.69, 9.17) is 39.5 Å². The molecule has 1 unspecified atom stereocenters. The SMILES string of the molecule is CCOc1cc(C(C)(C)C)c(Cl)cc1C1(C(=O)N2CCN(CCNC(C)=O)CC2)N[C@H](c2ccc(Cl)cc2)[C@H](c2ccc(Cl)cc2)N1.Cl. The molecule has 2 aliphatic rings. The average molecular weight is 738 g/mol. The Labute approximate surface area is 305 Å². The first-order chi connectivity index (χ1) is 22.3. The Bertz CT molecular complexity index is 1520. The van der Waals surface area contributed by atoms with Crippen LogP contribution in [0.25, 0.3) is 0 Å². The lowest BCUT2D eigenvalue weighted by atomic mass is 9.84. The number of nitrogens with one attached hydrogen (secondary N) is 3. The van der Waals surface area contributed by atoms with E-state index in [1.165, 1.54) is 6.92 Å². The minimum atomic E-state index is -1.39. The highest BCUT2D eigenvalue weighted by Crippen LogP contribution is 2.47. The van der Waals surface area contributed by atoms with Gasteiger partial charge >= 0.3 is 0 Å². The van der Waals surface area contributed by atoms with Crippen LogP contribution in [0.15, 0.2) is 60.7 Å². The summed E-state index contributed by atoms with van der Waals surface area (Å²) in [6.07, 6.45) is 0. The summed E-state index contributed by atoms with van der Waals surface area (Å²) in [5.74, 6) is 0.427. The van der Waals surface area contributed by atoms with Gasteiger partial charge in [-0.25, -0.2) is 0 Å². The summed E-state index contributed by atoms with van der Waals surface area (Å²) < 4.78 is 6.31. The molecule has 2 amide bonds. The third-order valence-corrected chi connectivity index (χ3v) is 9.72. The van der Waals surface area contributed by atoms with E-state index >= 15 is 4.79 Å². The van der Waals surface area contributed by atoms with Gasteiger partial charge in [0.1, 0.15) is 5.75 Å². The zero-order chi connectivity index (χ0) is 33.9. The molecule has 2 saturated heterocycles. The number of carbonyl (C=O) groups excluding carboxylic acids is 2. The van der Waals surface area contributed by atoms with Crippen LogP contribution in [0.1, 0.15) is 69.0 Å². The van der Waals surface area contributed by atoms with Gasteiger partial charge in [-0.1, -0.05) is 79.8 Å². The minimum absolute atomic E-state index is 0. The lowest BCUT2D eigenvalue weighted by Gasteiger charge is -2.41. The average Bonchev–Trinajstić information content (AvgIpc) is 3.43. The highest BCUT2D eigenvalue weighted by atomic mass is 35.5. The molecular formula is C36H45Cl4N5O3. The fraction of sp³-hybridized carbons (Fsp3) is 0.444. The summed E-state index contributed by atoms with van der Waals surface area (Å²) in [5, 5.41) is 12.2. The molecule has 0 spiro atoms. The first-order valence-electron chi connectivity index (χ1n) is 16.1. The van der Waals surface area contributed by atoms with E-state index in [1.807, 2.05) is 72.5 Å². The third kappa shape index (κ3) is 8.41. The highest BCUT2D eigenvalue weighted by Gasteiger charge is 2.55. The smallest absolute Gasteiger partial charge is 0.262 e. The fourth-order valence-corrected chi connectivity index (χ4v) is 7.16. The molecule has 8 nitrogen and oxygen atoms in total. The van der Waals surface area contributed by atoms with Crippen LogP contribution in [-0.4, -0.2) is 67.5 Å². The number of nitrogens with zero attached hydrogens (tertiary/aromatic N) is 2. The van der Waals surface area contributed by atoms with E-state index in [0.29, 0.717) is 65.7 Å². The van der Waals surface area contributed by atoms with Crippen molar-refractivity contribution in [3.8, 4) is 5.75 Å². The number of amides is 2. The topological polar surface area (TPSA) is 85.9 Å². The number of carbonyl (C=O) groups is 2. The predicted octanol–water partition coefficient (Wildman–Crippen LogP) is 6.87. The van der Waals surface area contributed by atoms with Gasteiger partial charge in [-0.15, -0.1) is 12.4 Å². The number of ether oxygens (including phenoxy) is 1. The number of piperazine rings is 1. The third-order valence-electron chi connectivity index (χ3n) is 8.90. The molecule has 3 atom stereocenters. The highest BCUT2D eigenvalue weighted by molar-refractivity contribution is 6.32. The van der Waals surface area contributed by atoms with Crippen molar-refractivity contribution in [1.82, 2.24) is 25.8 Å². The molecular weight excluding hydrogens is 692 g/mol. The standard InChI is InChI=1S/C36H44Cl3N5O3.ClH/c1-6-47-31-22-28(35(3,4)5)30(39)21-29(31)36(34(46)44-19-17-43(18-20-44)16-15-40-23(2)45)41-32(24-7-11-26(37)12-8-24)33(42-36)25-9-13-27(38)14-10-25;/h7-14,21-22,32-33,41-42H,6,15-20H2,1-5H3,(H,40,45);1H/t32-,33+,36?;. The largest absolute Gasteiger partial charge is 0.493 e. The van der Waals surface area contributed by atoms with Gasteiger partial charge in [-0.05, 0) is 65.4 Å². The van der Waals surface area contributed by atoms with E-state index in [9.17, 15) is 4.79 Å². The van der Waals surface area contributed by atoms with Crippen molar-refractivity contribution in [1.29, 1.82) is 0 Å². The maximum atomic E-state index is 15.1. The molecule has 0 aromatic heterocycles. The number of hydrogen-bond donors (Lipinski definition) is 3. The molecule has 3 aromatic carbocycles. The molecule has 2 heterocycles. The van der Waals surface area contributed by atoms with Crippen LogP contribution >= 0.6 is 47.2 Å². The predicted molar refractivity (Wildman–Crippen MR) is 197 cm³/mol. The molecule has 260 valence electrons. The normalized spacial score (nSPS) is 21.5. The second-order valence-electron chi connectivity index (χ2n) is 13.2. The Morgan fingerprint density at radius 1 is 0.896 bits per heavy atom. The van der Waals surface area contributed by atoms with E-state index in [1.54, 1.807) is 0 Å². The molecule has 3 aromatic rings. The van der Waals surface area contributed by atoms with Crippen LogP contribution in [0.5, 0.6) is 5.75 Å². The van der Waals surface area contributed by atoms with Crippen molar-refractivity contribution in [3.63, 3.8) is 0 Å². The molecule has 48 heavy (non-hydrogen) atoms. The van der Waals surface area contributed by atoms with Crippen LogP contribution in [0.4, 0.5) is 0 Å². The van der Waals surface area contributed by atoms with Crippen LogP contribution in [-0.2, 0) is 20.7 Å². The van der Waals surface area contributed by atoms with Gasteiger partial charge in [0, 0.05) is 66.8 Å². The molecule has 2 aliphatic heterocycles. The maximum Gasteiger partial charge on any atom is 0.262 e. The maximum absolute atomic E-state index is 15.1. The molecule has 12 heteroatoms. The lowest BCUT2D eigenvalue weighted by Crippen LogP contribution is -2.62. The molecule has 0 radical (unpaired) electrons. The van der Waals surface area contributed by atoms with E-state index < -0.39 is 5.66 Å². The zero-order valence-electron chi connectivity index (χ0n) is 28.0. The summed E-state index contributed by atoms with van der Waals surface area (Å²) in [5.41, 5.74) is 1.86. The Morgan fingerprint density at radius 3 is 1.88 bits per heavy atom. The number of halogens is 4. The van der Waals surface area contributed by atoms with Gasteiger partial charge in [0.05, 0.1) is 18.7 Å². The Balaban J connectivity index is 0.00000520. The Morgan fingerprint density at radius 2 is 1.42 bits per heavy atom. The first kappa shape index (κ1) is 38.2. The minimum Gasteiger partial charge on any atom is -0.493 e. The van der Waals surface area contributed by atoms with Crippen molar-refractivity contribution < 1.29 is 14.3 Å². The summed E-state index contributed by atoms with van der Waals surface area (Å²) in [7, 11) is 0. The first-order valence-corrected chi connectivity index (χ1v) is 17.3. The fourth-order valence-electron chi connectivity index (χ4n) is 6.46. The van der Waals surface area contributed by atoms with Crippen molar-refractivity contribution in [2.45, 2.75) is 57.8 Å². The Kier molecular flexibility index (Phi) is 12.7.